The molecular formula is C14H19NO4. The van der Waals surface area contributed by atoms with Crippen LogP contribution in [0.4, 0.5) is 0 Å². The largest absolute Gasteiger partial charge is 0.481 e. The van der Waals surface area contributed by atoms with Crippen LogP contribution < -0.4 is 0 Å². The van der Waals surface area contributed by atoms with Crippen LogP contribution in [0.2, 0.25) is 0 Å². The van der Waals surface area contributed by atoms with Crippen LogP contribution in [0, 0.1) is 23.7 Å². The topological polar surface area (TPSA) is 66.8 Å². The van der Waals surface area contributed by atoms with Crippen LogP contribution in [-0.2, 0) is 14.3 Å². The number of carbonyl (C=O) groups excluding carboxylic acids is 1. The molecule has 104 valence electrons. The zero-order chi connectivity index (χ0) is 13.6. The Kier molecular flexibility index (Phi) is 3.09. The van der Waals surface area contributed by atoms with Crippen molar-refractivity contribution in [2.45, 2.75) is 19.4 Å². The molecule has 0 aromatic heterocycles. The number of rotatable bonds is 2. The van der Waals surface area contributed by atoms with E-state index in [0.717, 1.165) is 6.42 Å². The summed E-state index contributed by atoms with van der Waals surface area (Å²) in [4.78, 5) is 25.9. The standard InChI is InChI=1S/C14H19NO4/c1-8-7-19-5-4-15(8)13(16)11-9-2-3-10(6-9)12(11)14(17)18/h2-3,8-12H,4-7H2,1H3,(H,17,18)/t8-,9?,10?,11+,12-/m1/s1. The van der Waals surface area contributed by atoms with Crippen molar-refractivity contribution in [2.75, 3.05) is 19.8 Å². The van der Waals surface area contributed by atoms with E-state index in [4.69, 9.17) is 4.74 Å². The van der Waals surface area contributed by atoms with E-state index in [1.807, 2.05) is 19.1 Å². The summed E-state index contributed by atoms with van der Waals surface area (Å²) in [7, 11) is 0. The van der Waals surface area contributed by atoms with Crippen molar-refractivity contribution in [3.05, 3.63) is 12.2 Å². The summed E-state index contributed by atoms with van der Waals surface area (Å²) < 4.78 is 5.34. The smallest absolute Gasteiger partial charge is 0.307 e. The molecule has 1 aliphatic heterocycles. The summed E-state index contributed by atoms with van der Waals surface area (Å²) in [5.41, 5.74) is 0. The van der Waals surface area contributed by atoms with Crippen LogP contribution in [0.5, 0.6) is 0 Å². The summed E-state index contributed by atoms with van der Waals surface area (Å²) >= 11 is 0. The Morgan fingerprint density at radius 1 is 1.26 bits per heavy atom. The van der Waals surface area contributed by atoms with Gasteiger partial charge in [-0.2, -0.15) is 0 Å². The molecule has 2 unspecified atom stereocenters. The fourth-order valence-corrected chi connectivity index (χ4v) is 3.74. The van der Waals surface area contributed by atoms with Gasteiger partial charge in [-0.1, -0.05) is 12.2 Å². The summed E-state index contributed by atoms with van der Waals surface area (Å²) in [6, 6.07) is 0.0406. The SMILES string of the molecule is C[C@@H]1COCCN1C(=O)[C@H]1C2C=CC(C2)[C@H]1C(=O)O. The monoisotopic (exact) mass is 265 g/mol. The number of allylic oxidation sites excluding steroid dienone is 2. The summed E-state index contributed by atoms with van der Waals surface area (Å²) in [5.74, 6) is -1.62. The Bertz CT molecular complexity index is 433. The number of carboxylic acid groups (broad SMARTS) is 1. The second kappa shape index (κ2) is 4.63. The van der Waals surface area contributed by atoms with E-state index in [0.29, 0.717) is 19.8 Å². The number of hydrogen-bond acceptors (Lipinski definition) is 3. The Labute approximate surface area is 112 Å². The van der Waals surface area contributed by atoms with Crippen LogP contribution in [0.15, 0.2) is 12.2 Å². The normalized spacial score (nSPS) is 40.7. The van der Waals surface area contributed by atoms with Crippen molar-refractivity contribution in [3.63, 3.8) is 0 Å². The first-order valence-corrected chi connectivity index (χ1v) is 6.89. The molecule has 5 heteroatoms. The molecule has 1 saturated heterocycles. The predicted molar refractivity (Wildman–Crippen MR) is 67.3 cm³/mol. The minimum absolute atomic E-state index is 0.0000463. The molecule has 1 saturated carbocycles. The van der Waals surface area contributed by atoms with Crippen molar-refractivity contribution in [2.24, 2.45) is 23.7 Å². The predicted octanol–water partition coefficient (Wildman–Crippen LogP) is 0.757. The van der Waals surface area contributed by atoms with Crippen molar-refractivity contribution >= 4 is 11.9 Å². The van der Waals surface area contributed by atoms with E-state index in [2.05, 4.69) is 0 Å². The quantitative estimate of drug-likeness (QED) is 0.748. The molecule has 5 atom stereocenters. The second-order valence-corrected chi connectivity index (χ2v) is 5.79. The third-order valence-electron chi connectivity index (χ3n) is 4.68. The number of nitrogens with zero attached hydrogens (tertiary/aromatic N) is 1. The van der Waals surface area contributed by atoms with Gasteiger partial charge in [0.2, 0.25) is 5.91 Å². The summed E-state index contributed by atoms with van der Waals surface area (Å²) in [6.45, 7) is 3.62. The lowest BCUT2D eigenvalue weighted by molar-refractivity contribution is -0.154. The van der Waals surface area contributed by atoms with E-state index >= 15 is 0 Å². The van der Waals surface area contributed by atoms with Gasteiger partial charge in [0, 0.05) is 6.54 Å². The first-order valence-electron chi connectivity index (χ1n) is 6.89. The molecule has 3 rings (SSSR count). The minimum Gasteiger partial charge on any atom is -0.481 e. The van der Waals surface area contributed by atoms with Gasteiger partial charge in [0.25, 0.3) is 0 Å². The molecule has 0 aromatic rings. The van der Waals surface area contributed by atoms with E-state index in [1.165, 1.54) is 0 Å². The number of fused-ring (bicyclic) bond motifs is 2. The second-order valence-electron chi connectivity index (χ2n) is 5.79. The summed E-state index contributed by atoms with van der Waals surface area (Å²) in [6.07, 6.45) is 4.81. The van der Waals surface area contributed by atoms with Crippen molar-refractivity contribution in [1.29, 1.82) is 0 Å². The van der Waals surface area contributed by atoms with Gasteiger partial charge in [0.15, 0.2) is 0 Å². The lowest BCUT2D eigenvalue weighted by atomic mass is 9.82. The van der Waals surface area contributed by atoms with Crippen LogP contribution in [0.1, 0.15) is 13.3 Å². The Morgan fingerprint density at radius 2 is 1.95 bits per heavy atom. The Hall–Kier alpha value is -1.36. The Morgan fingerprint density at radius 3 is 2.58 bits per heavy atom. The van der Waals surface area contributed by atoms with E-state index < -0.39 is 11.9 Å². The fraction of sp³-hybridized carbons (Fsp3) is 0.714. The summed E-state index contributed by atoms with van der Waals surface area (Å²) in [5, 5.41) is 9.39. The zero-order valence-corrected chi connectivity index (χ0v) is 11.0. The van der Waals surface area contributed by atoms with Gasteiger partial charge in [0.1, 0.15) is 0 Å². The molecule has 1 N–H and O–H groups in total. The highest BCUT2D eigenvalue weighted by molar-refractivity contribution is 5.87. The molecule has 3 aliphatic rings. The number of carboxylic acids is 1. The number of morpholine rings is 1. The molecule has 2 bridgehead atoms. The van der Waals surface area contributed by atoms with Crippen LogP contribution in [0.3, 0.4) is 0 Å². The average molecular weight is 265 g/mol. The molecule has 19 heavy (non-hydrogen) atoms. The van der Waals surface area contributed by atoms with Gasteiger partial charge in [-0.3, -0.25) is 9.59 Å². The molecule has 1 heterocycles. The average Bonchev–Trinajstić information content (AvgIpc) is 2.98. The fourth-order valence-electron chi connectivity index (χ4n) is 3.74. The van der Waals surface area contributed by atoms with Crippen LogP contribution in [0.25, 0.3) is 0 Å². The maximum atomic E-state index is 12.7. The zero-order valence-electron chi connectivity index (χ0n) is 11.0. The van der Waals surface area contributed by atoms with Crippen molar-refractivity contribution in [1.82, 2.24) is 4.90 Å². The molecule has 2 fully saturated rings. The third-order valence-corrected chi connectivity index (χ3v) is 4.68. The van der Waals surface area contributed by atoms with Gasteiger partial charge < -0.3 is 14.7 Å². The van der Waals surface area contributed by atoms with Gasteiger partial charge in [-0.25, -0.2) is 0 Å². The van der Waals surface area contributed by atoms with Gasteiger partial charge in [-0.05, 0) is 25.2 Å². The van der Waals surface area contributed by atoms with Crippen molar-refractivity contribution < 1.29 is 19.4 Å². The minimum atomic E-state index is -0.837. The highest BCUT2D eigenvalue weighted by Crippen LogP contribution is 2.49. The molecule has 5 nitrogen and oxygen atoms in total. The van der Waals surface area contributed by atoms with E-state index in [1.54, 1.807) is 4.90 Å². The first kappa shape index (κ1) is 12.7. The van der Waals surface area contributed by atoms with Gasteiger partial charge in [-0.15, -0.1) is 0 Å². The van der Waals surface area contributed by atoms with Gasteiger partial charge in [0.05, 0.1) is 31.1 Å². The maximum absolute atomic E-state index is 12.7. The molecule has 0 spiro atoms. The first-order chi connectivity index (χ1) is 9.09. The highest BCUT2D eigenvalue weighted by Gasteiger charge is 2.53. The molecule has 0 radical (unpaired) electrons. The van der Waals surface area contributed by atoms with Crippen LogP contribution in [-0.4, -0.2) is 47.7 Å². The number of carbonyl (C=O) groups is 2. The number of aliphatic carboxylic acids is 1. The van der Waals surface area contributed by atoms with E-state index in [-0.39, 0.29) is 29.7 Å². The van der Waals surface area contributed by atoms with E-state index in [9.17, 15) is 14.7 Å². The highest BCUT2D eigenvalue weighted by atomic mass is 16.5. The van der Waals surface area contributed by atoms with Gasteiger partial charge >= 0.3 is 5.97 Å². The molecule has 0 aromatic carbocycles. The molecule has 2 aliphatic carbocycles. The number of hydrogen-bond donors (Lipinski definition) is 1. The number of amides is 1. The molecular weight excluding hydrogens is 246 g/mol. The lowest BCUT2D eigenvalue weighted by Gasteiger charge is -2.37. The van der Waals surface area contributed by atoms with Crippen LogP contribution >= 0.6 is 0 Å². The van der Waals surface area contributed by atoms with Crippen molar-refractivity contribution in [3.8, 4) is 0 Å². The Balaban J connectivity index is 1.82. The molecule has 1 amide bonds. The number of ether oxygens (including phenoxy) is 1. The third kappa shape index (κ3) is 1.96. The lowest BCUT2D eigenvalue weighted by Crippen LogP contribution is -2.51. The maximum Gasteiger partial charge on any atom is 0.307 e.